The van der Waals surface area contributed by atoms with Gasteiger partial charge < -0.3 is 5.32 Å². The molecule has 0 aromatic rings. The first-order chi connectivity index (χ1) is 5.29. The lowest BCUT2D eigenvalue weighted by Gasteiger charge is -1.99. The normalized spacial score (nSPS) is 19.3. The molecular formula is C8H13N3. The Morgan fingerprint density at radius 2 is 2.27 bits per heavy atom. The number of hydrogen-bond donors (Lipinski definition) is 1. The van der Waals surface area contributed by atoms with Crippen molar-refractivity contribution < 1.29 is 0 Å². The molecule has 1 aliphatic rings. The van der Waals surface area contributed by atoms with Crippen molar-refractivity contribution in [3.8, 4) is 0 Å². The van der Waals surface area contributed by atoms with E-state index in [0.29, 0.717) is 0 Å². The Balaban J connectivity index is 2.91. The Bertz CT molecular complexity index is 225. The molecule has 1 aliphatic heterocycles. The van der Waals surface area contributed by atoms with Crippen LogP contribution in [0.2, 0.25) is 0 Å². The molecule has 1 heterocycles. The summed E-state index contributed by atoms with van der Waals surface area (Å²) in [6, 6.07) is 0. The molecule has 1 N–H and O–H groups in total. The van der Waals surface area contributed by atoms with Gasteiger partial charge in [0.25, 0.3) is 0 Å². The molecule has 0 fully saturated rings. The average Bonchev–Trinajstić information content (AvgIpc) is 2.50. The lowest BCUT2D eigenvalue weighted by molar-refractivity contribution is 0.867. The molecule has 0 bridgehead atoms. The first kappa shape index (κ1) is 8.14. The fourth-order valence-corrected chi connectivity index (χ4v) is 1.14. The van der Waals surface area contributed by atoms with Crippen molar-refractivity contribution in [2.75, 3.05) is 20.1 Å². The van der Waals surface area contributed by atoms with Gasteiger partial charge in [0.1, 0.15) is 0 Å². The zero-order valence-electron chi connectivity index (χ0n) is 7.02. The molecule has 0 aromatic carbocycles. The van der Waals surface area contributed by atoms with E-state index in [1.807, 2.05) is 6.92 Å². The Morgan fingerprint density at radius 3 is 2.82 bits per heavy atom. The Morgan fingerprint density at radius 1 is 1.55 bits per heavy atom. The summed E-state index contributed by atoms with van der Waals surface area (Å²) in [4.78, 5) is 8.02. The molecule has 60 valence electrons. The molecule has 0 saturated carbocycles. The third-order valence-electron chi connectivity index (χ3n) is 1.91. The standard InChI is InChI=1S/C8H13N3/c1-6(9-2)7-4-11-5-8(7)10-3/h11H,3-5H2,1-2H3. The van der Waals surface area contributed by atoms with Gasteiger partial charge in [-0.25, -0.2) is 0 Å². The third-order valence-corrected chi connectivity index (χ3v) is 1.91. The van der Waals surface area contributed by atoms with Gasteiger partial charge in [-0.1, -0.05) is 0 Å². The largest absolute Gasteiger partial charge is 0.307 e. The van der Waals surface area contributed by atoms with Crippen molar-refractivity contribution in [1.29, 1.82) is 0 Å². The van der Waals surface area contributed by atoms with E-state index in [0.717, 1.165) is 24.5 Å². The fraction of sp³-hybridized carbons (Fsp3) is 0.500. The maximum atomic E-state index is 4.10. The van der Waals surface area contributed by atoms with E-state index in [9.17, 15) is 0 Å². The lowest BCUT2D eigenvalue weighted by atomic mass is 10.1. The van der Waals surface area contributed by atoms with Crippen molar-refractivity contribution in [2.45, 2.75) is 6.92 Å². The number of nitrogens with one attached hydrogen (secondary N) is 1. The van der Waals surface area contributed by atoms with E-state index >= 15 is 0 Å². The summed E-state index contributed by atoms with van der Waals surface area (Å²) < 4.78 is 0. The van der Waals surface area contributed by atoms with Gasteiger partial charge in [0.15, 0.2) is 0 Å². The van der Waals surface area contributed by atoms with Gasteiger partial charge >= 0.3 is 0 Å². The van der Waals surface area contributed by atoms with Crippen LogP contribution < -0.4 is 5.32 Å². The minimum atomic E-state index is 0.825. The van der Waals surface area contributed by atoms with Crippen molar-refractivity contribution in [3.63, 3.8) is 0 Å². The number of nitrogens with zero attached hydrogens (tertiary/aromatic N) is 2. The summed E-state index contributed by atoms with van der Waals surface area (Å²) in [5.74, 6) is 0. The smallest absolute Gasteiger partial charge is 0.0597 e. The molecule has 1 rings (SSSR count). The second kappa shape index (κ2) is 3.44. The van der Waals surface area contributed by atoms with E-state index < -0.39 is 0 Å². The van der Waals surface area contributed by atoms with Crippen LogP contribution in [-0.4, -0.2) is 32.6 Å². The van der Waals surface area contributed by atoms with Gasteiger partial charge in [0, 0.05) is 31.4 Å². The molecule has 0 aliphatic carbocycles. The minimum Gasteiger partial charge on any atom is -0.307 e. The molecule has 0 radical (unpaired) electrons. The number of rotatable bonds is 2. The zero-order valence-corrected chi connectivity index (χ0v) is 7.02. The predicted octanol–water partition coefficient (Wildman–Crippen LogP) is 0.635. The van der Waals surface area contributed by atoms with E-state index in [1.165, 1.54) is 5.57 Å². The highest BCUT2D eigenvalue weighted by Gasteiger charge is 2.13. The molecule has 0 aromatic heterocycles. The summed E-state index contributed by atoms with van der Waals surface area (Å²) in [6.07, 6.45) is 0. The van der Waals surface area contributed by atoms with Crippen LogP contribution in [0, 0.1) is 0 Å². The van der Waals surface area contributed by atoms with Gasteiger partial charge in [0.2, 0.25) is 0 Å². The number of hydrogen-bond acceptors (Lipinski definition) is 3. The predicted molar refractivity (Wildman–Crippen MR) is 48.5 cm³/mol. The highest BCUT2D eigenvalue weighted by molar-refractivity contribution is 5.99. The molecule has 3 heteroatoms. The van der Waals surface area contributed by atoms with Gasteiger partial charge in [0.05, 0.1) is 5.70 Å². The van der Waals surface area contributed by atoms with Gasteiger partial charge in [-0.15, -0.1) is 0 Å². The van der Waals surface area contributed by atoms with Crippen LogP contribution in [0.1, 0.15) is 6.92 Å². The summed E-state index contributed by atoms with van der Waals surface area (Å²) in [5.41, 5.74) is 3.29. The van der Waals surface area contributed by atoms with Gasteiger partial charge in [-0.05, 0) is 13.6 Å². The summed E-state index contributed by atoms with van der Waals surface area (Å²) in [5, 5.41) is 3.20. The molecule has 0 spiro atoms. The minimum absolute atomic E-state index is 0.825. The van der Waals surface area contributed by atoms with Crippen LogP contribution in [-0.2, 0) is 0 Å². The maximum absolute atomic E-state index is 4.10. The lowest BCUT2D eigenvalue weighted by Crippen LogP contribution is -2.10. The van der Waals surface area contributed by atoms with Crippen molar-refractivity contribution in [1.82, 2.24) is 5.32 Å². The first-order valence-corrected chi connectivity index (χ1v) is 3.62. The maximum Gasteiger partial charge on any atom is 0.0597 e. The van der Waals surface area contributed by atoms with Gasteiger partial charge in [-0.3, -0.25) is 9.98 Å². The highest BCUT2D eigenvalue weighted by atomic mass is 15.0. The second-order valence-corrected chi connectivity index (χ2v) is 2.50. The highest BCUT2D eigenvalue weighted by Crippen LogP contribution is 2.11. The van der Waals surface area contributed by atoms with Gasteiger partial charge in [-0.2, -0.15) is 0 Å². The van der Waals surface area contributed by atoms with E-state index in [1.54, 1.807) is 7.05 Å². The molecule has 0 saturated heterocycles. The monoisotopic (exact) mass is 151 g/mol. The van der Waals surface area contributed by atoms with Crippen molar-refractivity contribution >= 4 is 12.4 Å². The van der Waals surface area contributed by atoms with E-state index in [-0.39, 0.29) is 0 Å². The van der Waals surface area contributed by atoms with Crippen LogP contribution in [0.3, 0.4) is 0 Å². The molecule has 0 amide bonds. The first-order valence-electron chi connectivity index (χ1n) is 3.62. The Hall–Kier alpha value is -0.960. The third kappa shape index (κ3) is 1.54. The SMILES string of the molecule is C=NC1=C(C(C)=NC)CNC1. The summed E-state index contributed by atoms with van der Waals surface area (Å²) in [7, 11) is 1.79. The van der Waals surface area contributed by atoms with Crippen LogP contribution >= 0.6 is 0 Å². The topological polar surface area (TPSA) is 36.8 Å². The number of aliphatic imine (C=N–C) groups is 2. The molecule has 0 unspecified atom stereocenters. The summed E-state index contributed by atoms with van der Waals surface area (Å²) >= 11 is 0. The summed E-state index contributed by atoms with van der Waals surface area (Å²) in [6.45, 7) is 7.20. The average molecular weight is 151 g/mol. The quantitative estimate of drug-likeness (QED) is 0.577. The van der Waals surface area contributed by atoms with Crippen molar-refractivity contribution in [2.24, 2.45) is 9.98 Å². The Kier molecular flexibility index (Phi) is 2.54. The van der Waals surface area contributed by atoms with Crippen LogP contribution in [0.5, 0.6) is 0 Å². The molecule has 0 atom stereocenters. The molecule has 3 nitrogen and oxygen atoms in total. The molecular weight excluding hydrogens is 138 g/mol. The second-order valence-electron chi connectivity index (χ2n) is 2.50. The molecule has 11 heavy (non-hydrogen) atoms. The van der Waals surface area contributed by atoms with Crippen LogP contribution in [0.15, 0.2) is 21.3 Å². The zero-order chi connectivity index (χ0) is 8.27. The van der Waals surface area contributed by atoms with E-state index in [4.69, 9.17) is 0 Å². The fourth-order valence-electron chi connectivity index (χ4n) is 1.14. The Labute approximate surface area is 66.9 Å². The van der Waals surface area contributed by atoms with Crippen LogP contribution in [0.4, 0.5) is 0 Å². The van der Waals surface area contributed by atoms with Crippen molar-refractivity contribution in [3.05, 3.63) is 11.3 Å². The van der Waals surface area contributed by atoms with E-state index in [2.05, 4.69) is 22.0 Å². The van der Waals surface area contributed by atoms with Crippen LogP contribution in [0.25, 0.3) is 0 Å².